The summed E-state index contributed by atoms with van der Waals surface area (Å²) in [5.74, 6) is 0.336. The first-order valence-corrected chi connectivity index (χ1v) is 5.79. The van der Waals surface area contributed by atoms with E-state index < -0.39 is 0 Å². The lowest BCUT2D eigenvalue weighted by Crippen LogP contribution is -1.83. The number of aliphatic hydroxyl groups excluding tert-OH is 1. The van der Waals surface area contributed by atoms with Gasteiger partial charge >= 0.3 is 0 Å². The monoisotopic (exact) mass is 235 g/mol. The Hall–Kier alpha value is -1.39. The number of phenols is 1. The molecule has 2 rings (SSSR count). The second-order valence-electron chi connectivity index (χ2n) is 3.75. The molecule has 4 heteroatoms. The van der Waals surface area contributed by atoms with E-state index >= 15 is 0 Å². The normalized spacial score (nSPS) is 10.7. The molecule has 0 unspecified atom stereocenters. The van der Waals surface area contributed by atoms with Crippen LogP contribution in [0.15, 0.2) is 18.3 Å². The van der Waals surface area contributed by atoms with Gasteiger partial charge in [-0.15, -0.1) is 11.3 Å². The number of aryl methyl sites for hydroxylation is 2. The molecule has 2 aromatic rings. The fourth-order valence-corrected chi connectivity index (χ4v) is 2.35. The van der Waals surface area contributed by atoms with Crippen LogP contribution in [0.25, 0.3) is 10.6 Å². The molecule has 1 aromatic carbocycles. The van der Waals surface area contributed by atoms with E-state index in [0.29, 0.717) is 5.75 Å². The largest absolute Gasteiger partial charge is 0.507 e. The third-order valence-corrected chi connectivity index (χ3v) is 3.48. The number of hydrogen-bond donors (Lipinski definition) is 2. The van der Waals surface area contributed by atoms with Gasteiger partial charge in [-0.2, -0.15) is 0 Å². The van der Waals surface area contributed by atoms with Gasteiger partial charge in [0.15, 0.2) is 0 Å². The van der Waals surface area contributed by atoms with E-state index in [4.69, 9.17) is 5.11 Å². The number of phenolic OH excluding ortho intramolecular Hbond substituents is 1. The van der Waals surface area contributed by atoms with Gasteiger partial charge in [-0.05, 0) is 37.1 Å². The Bertz CT molecular complexity index is 496. The van der Waals surface area contributed by atoms with Gasteiger partial charge in [0.05, 0.1) is 11.5 Å². The molecule has 0 bridgehead atoms. The van der Waals surface area contributed by atoms with Crippen LogP contribution in [0, 0.1) is 13.8 Å². The molecule has 0 saturated carbocycles. The first-order chi connectivity index (χ1) is 7.61. The Labute approximate surface area is 98.0 Å². The smallest absolute Gasteiger partial charge is 0.123 e. The predicted octanol–water partition coefficient (Wildman–Crippen LogP) is 2.62. The highest BCUT2D eigenvalue weighted by atomic mass is 32.1. The summed E-state index contributed by atoms with van der Waals surface area (Å²) < 4.78 is 0. The molecule has 3 nitrogen and oxygen atoms in total. The van der Waals surface area contributed by atoms with Gasteiger partial charge in [-0.3, -0.25) is 0 Å². The summed E-state index contributed by atoms with van der Waals surface area (Å²) in [4.78, 5) is 5.09. The molecule has 0 aliphatic carbocycles. The van der Waals surface area contributed by atoms with E-state index in [2.05, 4.69) is 4.98 Å². The van der Waals surface area contributed by atoms with Crippen molar-refractivity contribution in [3.05, 3.63) is 34.3 Å². The number of aliphatic hydroxyl groups is 1. The summed E-state index contributed by atoms with van der Waals surface area (Å²) >= 11 is 1.47. The van der Waals surface area contributed by atoms with Crippen molar-refractivity contribution in [2.75, 3.05) is 0 Å². The van der Waals surface area contributed by atoms with Gasteiger partial charge < -0.3 is 10.2 Å². The Balaban J connectivity index is 2.48. The highest BCUT2D eigenvalue weighted by Crippen LogP contribution is 2.31. The summed E-state index contributed by atoms with van der Waals surface area (Å²) in [5, 5.41) is 19.5. The number of hydrogen-bond acceptors (Lipinski definition) is 4. The fraction of sp³-hybridized carbons (Fsp3) is 0.250. The molecule has 0 fully saturated rings. The highest BCUT2D eigenvalue weighted by Gasteiger charge is 2.08. The zero-order valence-corrected chi connectivity index (χ0v) is 10.0. The van der Waals surface area contributed by atoms with Crippen LogP contribution in [0.4, 0.5) is 0 Å². The minimum absolute atomic E-state index is 0.0215. The van der Waals surface area contributed by atoms with Crippen molar-refractivity contribution in [2.45, 2.75) is 20.5 Å². The summed E-state index contributed by atoms with van der Waals surface area (Å²) in [6.07, 6.45) is 1.68. The van der Waals surface area contributed by atoms with Crippen LogP contribution >= 0.6 is 11.3 Å². The van der Waals surface area contributed by atoms with Crippen molar-refractivity contribution in [1.82, 2.24) is 4.98 Å². The van der Waals surface area contributed by atoms with Crippen molar-refractivity contribution < 1.29 is 10.2 Å². The molecule has 0 atom stereocenters. The molecule has 0 aliphatic rings. The number of rotatable bonds is 2. The standard InChI is InChI=1S/C12H13NO2S/c1-7-3-9(4-8(2)11(7)15)12-13-5-10(6-14)16-12/h3-5,14-15H,6H2,1-2H3. The molecule has 0 radical (unpaired) electrons. The predicted molar refractivity (Wildman–Crippen MR) is 64.6 cm³/mol. The van der Waals surface area contributed by atoms with Crippen molar-refractivity contribution in [3.8, 4) is 16.3 Å². The topological polar surface area (TPSA) is 53.4 Å². The van der Waals surface area contributed by atoms with Crippen LogP contribution in [0.3, 0.4) is 0 Å². The lowest BCUT2D eigenvalue weighted by molar-refractivity contribution is 0.285. The Morgan fingerprint density at radius 1 is 1.25 bits per heavy atom. The zero-order chi connectivity index (χ0) is 11.7. The molecule has 0 spiro atoms. The molecular formula is C12H13NO2S. The summed E-state index contributed by atoms with van der Waals surface area (Å²) in [6.45, 7) is 3.76. The van der Waals surface area contributed by atoms with Gasteiger partial charge in [0.2, 0.25) is 0 Å². The van der Waals surface area contributed by atoms with Crippen molar-refractivity contribution in [3.63, 3.8) is 0 Å². The van der Waals surface area contributed by atoms with Crippen molar-refractivity contribution >= 4 is 11.3 Å². The summed E-state index contributed by atoms with van der Waals surface area (Å²) in [7, 11) is 0. The highest BCUT2D eigenvalue weighted by molar-refractivity contribution is 7.15. The van der Waals surface area contributed by atoms with E-state index in [1.54, 1.807) is 6.20 Å². The van der Waals surface area contributed by atoms with Gasteiger partial charge in [0, 0.05) is 11.8 Å². The second kappa shape index (κ2) is 4.23. The van der Waals surface area contributed by atoms with Crippen LogP contribution in [0.2, 0.25) is 0 Å². The maximum atomic E-state index is 9.67. The molecule has 84 valence electrons. The van der Waals surface area contributed by atoms with Crippen molar-refractivity contribution in [2.24, 2.45) is 0 Å². The first-order valence-electron chi connectivity index (χ1n) is 4.98. The molecule has 16 heavy (non-hydrogen) atoms. The molecule has 1 aromatic heterocycles. The summed E-state index contributed by atoms with van der Waals surface area (Å²) in [6, 6.07) is 3.81. The second-order valence-corrected chi connectivity index (χ2v) is 4.86. The maximum absolute atomic E-state index is 9.67. The van der Waals surface area contributed by atoms with Gasteiger partial charge in [0.1, 0.15) is 10.8 Å². The van der Waals surface area contributed by atoms with Crippen LogP contribution in [0.5, 0.6) is 5.75 Å². The Kier molecular flexibility index (Phi) is 2.94. The van der Waals surface area contributed by atoms with E-state index in [1.807, 2.05) is 26.0 Å². The van der Waals surface area contributed by atoms with Crippen LogP contribution in [0.1, 0.15) is 16.0 Å². The molecule has 1 heterocycles. The average Bonchev–Trinajstić information content (AvgIpc) is 2.73. The fourth-order valence-electron chi connectivity index (χ4n) is 1.59. The minimum Gasteiger partial charge on any atom is -0.507 e. The number of thiazole rings is 1. The lowest BCUT2D eigenvalue weighted by atomic mass is 10.1. The lowest BCUT2D eigenvalue weighted by Gasteiger charge is -2.05. The van der Waals surface area contributed by atoms with Gasteiger partial charge in [-0.1, -0.05) is 0 Å². The third kappa shape index (κ3) is 1.94. The first kappa shape index (κ1) is 11.1. The third-order valence-electron chi connectivity index (χ3n) is 2.45. The Morgan fingerprint density at radius 2 is 1.88 bits per heavy atom. The quantitative estimate of drug-likeness (QED) is 0.841. The SMILES string of the molecule is Cc1cc(-c2ncc(CO)s2)cc(C)c1O. The number of aromatic nitrogens is 1. The van der Waals surface area contributed by atoms with E-state index in [-0.39, 0.29) is 6.61 Å². The molecular weight excluding hydrogens is 222 g/mol. The number of aromatic hydroxyl groups is 1. The molecule has 0 saturated heterocycles. The molecule has 2 N–H and O–H groups in total. The van der Waals surface area contributed by atoms with Crippen molar-refractivity contribution in [1.29, 1.82) is 0 Å². The van der Waals surface area contributed by atoms with E-state index in [9.17, 15) is 5.11 Å². The van der Waals surface area contributed by atoms with Crippen LogP contribution in [-0.4, -0.2) is 15.2 Å². The van der Waals surface area contributed by atoms with Gasteiger partial charge in [0.25, 0.3) is 0 Å². The van der Waals surface area contributed by atoms with Gasteiger partial charge in [-0.25, -0.2) is 4.98 Å². The average molecular weight is 235 g/mol. The van der Waals surface area contributed by atoms with Crippen LogP contribution in [-0.2, 0) is 6.61 Å². The molecule has 0 amide bonds. The van der Waals surface area contributed by atoms with E-state index in [1.165, 1.54) is 11.3 Å². The zero-order valence-electron chi connectivity index (χ0n) is 9.19. The Morgan fingerprint density at radius 3 is 2.38 bits per heavy atom. The van der Waals surface area contributed by atoms with Crippen LogP contribution < -0.4 is 0 Å². The minimum atomic E-state index is 0.0215. The number of nitrogens with zero attached hydrogens (tertiary/aromatic N) is 1. The summed E-state index contributed by atoms with van der Waals surface area (Å²) in [5.41, 5.74) is 2.67. The number of benzene rings is 1. The van der Waals surface area contributed by atoms with E-state index in [0.717, 1.165) is 26.6 Å². The molecule has 0 aliphatic heterocycles. The maximum Gasteiger partial charge on any atom is 0.123 e.